The lowest BCUT2D eigenvalue weighted by Crippen LogP contribution is -2.53. The number of aromatic nitrogens is 2. The Morgan fingerprint density at radius 1 is 1.20 bits per heavy atom. The standard InChI is InChI=1S/C22H28F2N4O2/c1-5-25-21(30)18(22(2,3)4)27-20(29)17-16-8-6-7-11-28(16)19(26-17)13-9-10-14(23)15(24)12-13/h9-10,12,18H,5-8,11H2,1-4H3,(H,25,30)(H,27,29)/t18-/m1/s1. The zero-order valence-corrected chi connectivity index (χ0v) is 17.8. The molecule has 1 aromatic carbocycles. The topological polar surface area (TPSA) is 76.0 Å². The molecule has 0 aliphatic carbocycles. The summed E-state index contributed by atoms with van der Waals surface area (Å²) in [6, 6.07) is 2.86. The van der Waals surface area contributed by atoms with Gasteiger partial charge in [-0.2, -0.15) is 0 Å². The molecule has 3 rings (SSSR count). The van der Waals surface area contributed by atoms with Crippen LogP contribution in [0.4, 0.5) is 8.78 Å². The normalized spacial score (nSPS) is 14.7. The molecular weight excluding hydrogens is 390 g/mol. The summed E-state index contributed by atoms with van der Waals surface area (Å²) in [5.41, 5.74) is 0.889. The van der Waals surface area contributed by atoms with Gasteiger partial charge in [0.25, 0.3) is 5.91 Å². The van der Waals surface area contributed by atoms with Crippen molar-refractivity contribution in [3.8, 4) is 11.4 Å². The van der Waals surface area contributed by atoms with Gasteiger partial charge in [-0.05, 0) is 49.8 Å². The number of carbonyl (C=O) groups is 2. The van der Waals surface area contributed by atoms with Gasteiger partial charge in [-0.3, -0.25) is 9.59 Å². The number of carbonyl (C=O) groups excluding carboxylic acids is 2. The van der Waals surface area contributed by atoms with Crippen molar-refractivity contribution < 1.29 is 18.4 Å². The van der Waals surface area contributed by atoms with Gasteiger partial charge in [0.2, 0.25) is 5.91 Å². The number of nitrogens with zero attached hydrogens (tertiary/aromatic N) is 2. The number of hydrogen-bond donors (Lipinski definition) is 2. The van der Waals surface area contributed by atoms with Gasteiger partial charge in [0.05, 0.1) is 5.69 Å². The Hall–Kier alpha value is -2.77. The van der Waals surface area contributed by atoms with E-state index in [4.69, 9.17) is 0 Å². The number of nitrogens with one attached hydrogen (secondary N) is 2. The molecule has 162 valence electrons. The van der Waals surface area contributed by atoms with Crippen molar-refractivity contribution in [3.05, 3.63) is 41.2 Å². The molecule has 2 aromatic rings. The van der Waals surface area contributed by atoms with Crippen LogP contribution in [0.25, 0.3) is 11.4 Å². The highest BCUT2D eigenvalue weighted by molar-refractivity contribution is 5.98. The van der Waals surface area contributed by atoms with Gasteiger partial charge in [0.15, 0.2) is 11.6 Å². The van der Waals surface area contributed by atoms with Crippen LogP contribution in [0.1, 0.15) is 56.7 Å². The fourth-order valence-electron chi connectivity index (χ4n) is 3.73. The van der Waals surface area contributed by atoms with Gasteiger partial charge in [-0.25, -0.2) is 13.8 Å². The monoisotopic (exact) mass is 418 g/mol. The van der Waals surface area contributed by atoms with Crippen molar-refractivity contribution in [2.75, 3.05) is 6.54 Å². The number of benzene rings is 1. The Labute approximate surface area is 175 Å². The summed E-state index contributed by atoms with van der Waals surface area (Å²) < 4.78 is 29.1. The molecule has 2 amide bonds. The van der Waals surface area contributed by atoms with Crippen LogP contribution in [0.15, 0.2) is 18.2 Å². The molecule has 6 nitrogen and oxygen atoms in total. The molecule has 1 aliphatic heterocycles. The molecule has 0 saturated carbocycles. The average Bonchev–Trinajstić information content (AvgIpc) is 3.07. The van der Waals surface area contributed by atoms with E-state index in [0.29, 0.717) is 30.9 Å². The van der Waals surface area contributed by atoms with E-state index in [1.165, 1.54) is 6.07 Å². The van der Waals surface area contributed by atoms with Crippen LogP contribution in [-0.2, 0) is 17.8 Å². The molecule has 1 atom stereocenters. The zero-order valence-electron chi connectivity index (χ0n) is 17.8. The predicted molar refractivity (Wildman–Crippen MR) is 110 cm³/mol. The minimum Gasteiger partial charge on any atom is -0.355 e. The summed E-state index contributed by atoms with van der Waals surface area (Å²) in [6.45, 7) is 8.55. The summed E-state index contributed by atoms with van der Waals surface area (Å²) in [7, 11) is 0. The van der Waals surface area contributed by atoms with Crippen molar-refractivity contribution in [1.29, 1.82) is 0 Å². The Morgan fingerprint density at radius 2 is 1.93 bits per heavy atom. The van der Waals surface area contributed by atoms with Crippen molar-refractivity contribution in [2.24, 2.45) is 5.41 Å². The summed E-state index contributed by atoms with van der Waals surface area (Å²) in [5.74, 6) is -2.17. The predicted octanol–water partition coefficient (Wildman–Crippen LogP) is 3.45. The first-order valence-corrected chi connectivity index (χ1v) is 10.3. The maximum Gasteiger partial charge on any atom is 0.272 e. The molecule has 2 heterocycles. The second kappa shape index (κ2) is 8.53. The third-order valence-corrected chi connectivity index (χ3v) is 5.27. The molecule has 2 N–H and O–H groups in total. The van der Waals surface area contributed by atoms with Crippen LogP contribution in [-0.4, -0.2) is 34.0 Å². The first kappa shape index (κ1) is 21.9. The number of halogens is 2. The van der Waals surface area contributed by atoms with Crippen LogP contribution >= 0.6 is 0 Å². The molecule has 0 unspecified atom stereocenters. The average molecular weight is 418 g/mol. The number of hydrogen-bond acceptors (Lipinski definition) is 3. The van der Waals surface area contributed by atoms with Gasteiger partial charge >= 0.3 is 0 Å². The molecule has 0 spiro atoms. The maximum absolute atomic E-state index is 13.8. The van der Waals surface area contributed by atoms with E-state index in [0.717, 1.165) is 30.7 Å². The number of imidazole rings is 1. The second-order valence-electron chi connectivity index (χ2n) is 8.64. The quantitative estimate of drug-likeness (QED) is 0.781. The lowest BCUT2D eigenvalue weighted by molar-refractivity contribution is -0.125. The highest BCUT2D eigenvalue weighted by Crippen LogP contribution is 2.29. The van der Waals surface area contributed by atoms with Gasteiger partial charge in [0, 0.05) is 18.7 Å². The van der Waals surface area contributed by atoms with E-state index in [1.807, 2.05) is 32.3 Å². The van der Waals surface area contributed by atoms with E-state index in [2.05, 4.69) is 15.6 Å². The summed E-state index contributed by atoms with van der Waals surface area (Å²) in [6.07, 6.45) is 2.47. The van der Waals surface area contributed by atoms with Crippen LogP contribution in [0.5, 0.6) is 0 Å². The van der Waals surface area contributed by atoms with Crippen molar-refractivity contribution in [3.63, 3.8) is 0 Å². The zero-order chi connectivity index (χ0) is 22.1. The van der Waals surface area contributed by atoms with E-state index in [-0.39, 0.29) is 11.6 Å². The molecule has 1 aliphatic rings. The second-order valence-corrected chi connectivity index (χ2v) is 8.64. The molecule has 1 aromatic heterocycles. The molecule has 0 fully saturated rings. The van der Waals surface area contributed by atoms with Crippen LogP contribution in [0.2, 0.25) is 0 Å². The highest BCUT2D eigenvalue weighted by Gasteiger charge is 2.34. The Bertz CT molecular complexity index is 963. The van der Waals surface area contributed by atoms with Crippen molar-refractivity contribution in [2.45, 2.75) is 59.5 Å². The van der Waals surface area contributed by atoms with Crippen LogP contribution in [0.3, 0.4) is 0 Å². The van der Waals surface area contributed by atoms with Crippen molar-refractivity contribution in [1.82, 2.24) is 20.2 Å². The highest BCUT2D eigenvalue weighted by atomic mass is 19.2. The van der Waals surface area contributed by atoms with Gasteiger partial charge in [-0.1, -0.05) is 20.8 Å². The Kier molecular flexibility index (Phi) is 6.24. The number of amides is 2. The number of rotatable bonds is 5. The first-order chi connectivity index (χ1) is 14.1. The Balaban J connectivity index is 1.99. The van der Waals surface area contributed by atoms with Gasteiger partial charge < -0.3 is 15.2 Å². The smallest absolute Gasteiger partial charge is 0.272 e. The Morgan fingerprint density at radius 3 is 2.57 bits per heavy atom. The van der Waals surface area contributed by atoms with E-state index < -0.39 is 29.0 Å². The largest absolute Gasteiger partial charge is 0.355 e. The minimum atomic E-state index is -0.962. The van der Waals surface area contributed by atoms with E-state index in [1.54, 1.807) is 0 Å². The first-order valence-electron chi connectivity index (χ1n) is 10.3. The third-order valence-electron chi connectivity index (χ3n) is 5.27. The molecule has 0 saturated heterocycles. The van der Waals surface area contributed by atoms with Crippen LogP contribution in [0, 0.1) is 17.0 Å². The maximum atomic E-state index is 13.8. The molecule has 30 heavy (non-hydrogen) atoms. The van der Waals surface area contributed by atoms with E-state index in [9.17, 15) is 18.4 Å². The molecular formula is C22H28F2N4O2. The summed E-state index contributed by atoms with van der Waals surface area (Å²) in [4.78, 5) is 30.2. The lowest BCUT2D eigenvalue weighted by atomic mass is 9.86. The van der Waals surface area contributed by atoms with Gasteiger partial charge in [-0.15, -0.1) is 0 Å². The fraction of sp³-hybridized carbons (Fsp3) is 0.500. The molecule has 0 bridgehead atoms. The number of fused-ring (bicyclic) bond motifs is 1. The third kappa shape index (κ3) is 4.37. The SMILES string of the molecule is CCNC(=O)[C@@H](NC(=O)c1nc(-c2ccc(F)c(F)c2)n2c1CCCC2)C(C)(C)C. The molecule has 8 heteroatoms. The van der Waals surface area contributed by atoms with Crippen molar-refractivity contribution >= 4 is 11.8 Å². The molecule has 0 radical (unpaired) electrons. The number of likely N-dealkylation sites (N-methyl/N-ethyl adjacent to an activating group) is 1. The van der Waals surface area contributed by atoms with Crippen LogP contribution < -0.4 is 10.6 Å². The van der Waals surface area contributed by atoms with E-state index >= 15 is 0 Å². The summed E-state index contributed by atoms with van der Waals surface area (Å²) >= 11 is 0. The minimum absolute atomic E-state index is 0.230. The summed E-state index contributed by atoms with van der Waals surface area (Å²) in [5, 5.41) is 5.59. The van der Waals surface area contributed by atoms with Gasteiger partial charge in [0.1, 0.15) is 17.6 Å². The lowest BCUT2D eigenvalue weighted by Gasteiger charge is -2.30. The fourth-order valence-corrected chi connectivity index (χ4v) is 3.73.